The summed E-state index contributed by atoms with van der Waals surface area (Å²) in [6.45, 7) is 8.01. The summed E-state index contributed by atoms with van der Waals surface area (Å²) in [5.41, 5.74) is -0.298. The van der Waals surface area contributed by atoms with E-state index in [0.717, 1.165) is 5.01 Å². The Balaban J connectivity index is 2.24. The van der Waals surface area contributed by atoms with Gasteiger partial charge < -0.3 is 10.2 Å². The van der Waals surface area contributed by atoms with Gasteiger partial charge in [0.1, 0.15) is 17.1 Å². The molecule has 1 N–H and O–H groups in total. The van der Waals surface area contributed by atoms with Gasteiger partial charge in [0.15, 0.2) is 0 Å². The van der Waals surface area contributed by atoms with Gasteiger partial charge in [0, 0.05) is 11.6 Å². The van der Waals surface area contributed by atoms with Gasteiger partial charge in [0.25, 0.3) is 0 Å². The van der Waals surface area contributed by atoms with Gasteiger partial charge in [-0.25, -0.2) is 4.98 Å². The largest absolute Gasteiger partial charge is 0.342 e. The van der Waals surface area contributed by atoms with E-state index in [4.69, 9.17) is 0 Å². The summed E-state index contributed by atoms with van der Waals surface area (Å²) in [6, 6.07) is -0.925. The van der Waals surface area contributed by atoms with Crippen molar-refractivity contribution in [1.82, 2.24) is 15.2 Å². The molecule has 2 rings (SSSR count). The standard InChI is InChI=1S/C13H19N3O2S/c1-8-11(17)15-10(13(2,3)4)12(18)16(8)7-9-14-5-6-19-9/h5-6,8,10H,7H2,1-4H3,(H,15,17). The first kappa shape index (κ1) is 14.0. The maximum atomic E-state index is 12.5. The fraction of sp³-hybridized carbons (Fsp3) is 0.615. The van der Waals surface area contributed by atoms with Crippen molar-refractivity contribution >= 4 is 23.2 Å². The molecule has 0 saturated carbocycles. The molecule has 0 radical (unpaired) electrons. The number of thiazole rings is 1. The zero-order valence-electron chi connectivity index (χ0n) is 11.6. The summed E-state index contributed by atoms with van der Waals surface area (Å²) >= 11 is 1.49. The van der Waals surface area contributed by atoms with Crippen molar-refractivity contribution < 1.29 is 9.59 Å². The predicted octanol–water partition coefficient (Wildman–Crippen LogP) is 1.40. The minimum atomic E-state index is -0.476. The molecule has 0 bridgehead atoms. The number of hydrogen-bond acceptors (Lipinski definition) is 4. The van der Waals surface area contributed by atoms with E-state index in [1.807, 2.05) is 26.2 Å². The number of nitrogens with zero attached hydrogens (tertiary/aromatic N) is 2. The summed E-state index contributed by atoms with van der Waals surface area (Å²) in [5.74, 6) is -0.133. The van der Waals surface area contributed by atoms with Crippen LogP contribution >= 0.6 is 11.3 Å². The van der Waals surface area contributed by atoms with Crippen LogP contribution in [0.15, 0.2) is 11.6 Å². The van der Waals surface area contributed by atoms with Crippen molar-refractivity contribution in [1.29, 1.82) is 0 Å². The molecule has 1 fully saturated rings. The Bertz CT molecular complexity index is 479. The summed E-state index contributed by atoms with van der Waals surface area (Å²) < 4.78 is 0. The third-order valence-corrected chi connectivity index (χ3v) is 4.08. The molecule has 0 aromatic carbocycles. The molecule has 5 nitrogen and oxygen atoms in total. The number of rotatable bonds is 2. The number of hydrogen-bond donors (Lipinski definition) is 1. The third-order valence-electron chi connectivity index (χ3n) is 3.32. The number of carbonyl (C=O) groups is 2. The second-order valence-corrected chi connectivity index (χ2v) is 6.85. The second-order valence-electron chi connectivity index (χ2n) is 5.88. The molecule has 2 unspecified atom stereocenters. The summed E-state index contributed by atoms with van der Waals surface area (Å²) in [6.07, 6.45) is 1.71. The van der Waals surface area contributed by atoms with Crippen LogP contribution in [0.1, 0.15) is 32.7 Å². The number of nitrogens with one attached hydrogen (secondary N) is 1. The summed E-state index contributed by atoms with van der Waals surface area (Å²) in [5, 5.41) is 5.54. The molecule has 2 atom stereocenters. The van der Waals surface area contributed by atoms with Crippen LogP contribution in [-0.4, -0.2) is 33.8 Å². The molecule has 1 aromatic rings. The highest BCUT2D eigenvalue weighted by atomic mass is 32.1. The van der Waals surface area contributed by atoms with Crippen molar-refractivity contribution in [3.05, 3.63) is 16.6 Å². The van der Waals surface area contributed by atoms with Crippen LogP contribution < -0.4 is 5.32 Å². The molecule has 2 amide bonds. The molecule has 2 heterocycles. The lowest BCUT2D eigenvalue weighted by atomic mass is 9.84. The van der Waals surface area contributed by atoms with E-state index >= 15 is 0 Å². The van der Waals surface area contributed by atoms with E-state index in [-0.39, 0.29) is 17.2 Å². The highest BCUT2D eigenvalue weighted by molar-refractivity contribution is 7.09. The third kappa shape index (κ3) is 2.78. The molecule has 0 spiro atoms. The maximum Gasteiger partial charge on any atom is 0.246 e. The number of piperazine rings is 1. The van der Waals surface area contributed by atoms with Crippen LogP contribution in [0.4, 0.5) is 0 Å². The van der Waals surface area contributed by atoms with Gasteiger partial charge in [-0.2, -0.15) is 0 Å². The molecule has 6 heteroatoms. The van der Waals surface area contributed by atoms with Gasteiger partial charge in [0.2, 0.25) is 11.8 Å². The SMILES string of the molecule is CC1C(=O)NC(C(C)(C)C)C(=O)N1Cc1nccs1. The van der Waals surface area contributed by atoms with E-state index in [0.29, 0.717) is 6.54 Å². The molecule has 1 aliphatic rings. The molecule has 104 valence electrons. The van der Waals surface area contributed by atoms with Crippen LogP contribution in [-0.2, 0) is 16.1 Å². The van der Waals surface area contributed by atoms with E-state index in [9.17, 15) is 9.59 Å². The molecule has 0 aliphatic carbocycles. The Kier molecular flexibility index (Phi) is 3.62. The van der Waals surface area contributed by atoms with Crippen LogP contribution in [0, 0.1) is 5.41 Å². The van der Waals surface area contributed by atoms with Crippen molar-refractivity contribution in [2.75, 3.05) is 0 Å². The van der Waals surface area contributed by atoms with Crippen molar-refractivity contribution in [2.24, 2.45) is 5.41 Å². The number of aromatic nitrogens is 1. The normalized spacial score (nSPS) is 24.5. The smallest absolute Gasteiger partial charge is 0.246 e. The molecule has 1 saturated heterocycles. The fourth-order valence-electron chi connectivity index (χ4n) is 2.10. The van der Waals surface area contributed by atoms with Crippen molar-refractivity contribution in [2.45, 2.75) is 46.3 Å². The first-order chi connectivity index (χ1) is 8.80. The topological polar surface area (TPSA) is 62.3 Å². The predicted molar refractivity (Wildman–Crippen MR) is 73.5 cm³/mol. The first-order valence-corrected chi connectivity index (χ1v) is 7.18. The Labute approximate surface area is 117 Å². The molecule has 1 aliphatic heterocycles. The van der Waals surface area contributed by atoms with E-state index in [1.54, 1.807) is 18.0 Å². The minimum Gasteiger partial charge on any atom is -0.342 e. The van der Waals surface area contributed by atoms with Gasteiger partial charge in [-0.05, 0) is 12.3 Å². The van der Waals surface area contributed by atoms with Crippen molar-refractivity contribution in [3.63, 3.8) is 0 Å². The van der Waals surface area contributed by atoms with Crippen LogP contribution in [0.2, 0.25) is 0 Å². The average Bonchev–Trinajstić information content (AvgIpc) is 2.80. The summed E-state index contributed by atoms with van der Waals surface area (Å²) in [4.78, 5) is 30.4. The van der Waals surface area contributed by atoms with E-state index in [1.165, 1.54) is 11.3 Å². The second kappa shape index (κ2) is 4.92. The lowest BCUT2D eigenvalue weighted by Crippen LogP contribution is -2.65. The zero-order chi connectivity index (χ0) is 14.2. The lowest BCUT2D eigenvalue weighted by molar-refractivity contribution is -0.152. The van der Waals surface area contributed by atoms with Gasteiger partial charge >= 0.3 is 0 Å². The average molecular weight is 281 g/mol. The first-order valence-electron chi connectivity index (χ1n) is 6.30. The Hall–Kier alpha value is -1.43. The zero-order valence-corrected chi connectivity index (χ0v) is 12.5. The molecular formula is C13H19N3O2S. The van der Waals surface area contributed by atoms with Gasteiger partial charge in [-0.1, -0.05) is 20.8 Å². The van der Waals surface area contributed by atoms with Gasteiger partial charge in [0.05, 0.1) is 6.54 Å². The van der Waals surface area contributed by atoms with Crippen LogP contribution in [0.25, 0.3) is 0 Å². The molecule has 19 heavy (non-hydrogen) atoms. The van der Waals surface area contributed by atoms with E-state index < -0.39 is 12.1 Å². The highest BCUT2D eigenvalue weighted by Gasteiger charge is 2.43. The quantitative estimate of drug-likeness (QED) is 0.891. The maximum absolute atomic E-state index is 12.5. The molecule has 1 aromatic heterocycles. The van der Waals surface area contributed by atoms with Gasteiger partial charge in [-0.15, -0.1) is 11.3 Å². The van der Waals surface area contributed by atoms with Gasteiger partial charge in [-0.3, -0.25) is 9.59 Å². The van der Waals surface area contributed by atoms with E-state index in [2.05, 4.69) is 10.3 Å². The fourth-order valence-corrected chi connectivity index (χ4v) is 2.72. The highest BCUT2D eigenvalue weighted by Crippen LogP contribution is 2.26. The molecular weight excluding hydrogens is 262 g/mol. The number of carbonyl (C=O) groups excluding carboxylic acids is 2. The number of amides is 2. The monoisotopic (exact) mass is 281 g/mol. The Morgan fingerprint density at radius 1 is 1.42 bits per heavy atom. The van der Waals surface area contributed by atoms with Crippen molar-refractivity contribution in [3.8, 4) is 0 Å². The van der Waals surface area contributed by atoms with Crippen LogP contribution in [0.5, 0.6) is 0 Å². The lowest BCUT2D eigenvalue weighted by Gasteiger charge is -2.41. The van der Waals surface area contributed by atoms with Crippen LogP contribution in [0.3, 0.4) is 0 Å². The summed E-state index contributed by atoms with van der Waals surface area (Å²) in [7, 11) is 0. The Morgan fingerprint density at radius 2 is 2.11 bits per heavy atom. The Morgan fingerprint density at radius 3 is 2.63 bits per heavy atom. The minimum absolute atomic E-state index is 0.0326.